The van der Waals surface area contributed by atoms with E-state index < -0.39 is 10.0 Å². The van der Waals surface area contributed by atoms with Crippen LogP contribution in [-0.4, -0.2) is 25.5 Å². The molecule has 0 bridgehead atoms. The highest BCUT2D eigenvalue weighted by molar-refractivity contribution is 9.10. The molecular formula is C19H14BrN3O3S2. The second-order valence-corrected chi connectivity index (χ2v) is 9.37. The number of ether oxygens (including phenoxy) is 1. The second kappa shape index (κ2) is 7.50. The van der Waals surface area contributed by atoms with Crippen molar-refractivity contribution in [3.05, 3.63) is 65.3 Å². The average Bonchev–Trinajstić information content (AvgIpc) is 3.12. The predicted molar refractivity (Wildman–Crippen MR) is 114 cm³/mol. The van der Waals surface area contributed by atoms with Crippen molar-refractivity contribution in [3.63, 3.8) is 0 Å². The first-order valence-electron chi connectivity index (χ1n) is 8.14. The molecule has 28 heavy (non-hydrogen) atoms. The molecule has 0 aliphatic heterocycles. The Morgan fingerprint density at radius 2 is 1.89 bits per heavy atom. The maximum absolute atomic E-state index is 12.8. The van der Waals surface area contributed by atoms with E-state index in [2.05, 4.69) is 30.6 Å². The number of nitrogens with one attached hydrogen (secondary N) is 1. The van der Waals surface area contributed by atoms with Crippen LogP contribution in [0.1, 0.15) is 0 Å². The molecular weight excluding hydrogens is 462 g/mol. The van der Waals surface area contributed by atoms with Crippen molar-refractivity contribution in [1.82, 2.24) is 9.97 Å². The third-order valence-electron chi connectivity index (χ3n) is 3.97. The molecule has 0 saturated heterocycles. The van der Waals surface area contributed by atoms with E-state index in [0.29, 0.717) is 10.2 Å². The molecule has 0 fully saturated rings. The molecule has 2 heterocycles. The maximum atomic E-state index is 12.8. The van der Waals surface area contributed by atoms with Gasteiger partial charge >= 0.3 is 0 Å². The highest BCUT2D eigenvalue weighted by Crippen LogP contribution is 2.31. The zero-order valence-electron chi connectivity index (χ0n) is 14.6. The number of sulfonamides is 1. The number of fused-ring (bicyclic) bond motifs is 1. The third kappa shape index (κ3) is 3.73. The van der Waals surface area contributed by atoms with Crippen LogP contribution < -0.4 is 9.46 Å². The lowest BCUT2D eigenvalue weighted by Crippen LogP contribution is -2.14. The zero-order chi connectivity index (χ0) is 19.7. The number of rotatable bonds is 5. The summed E-state index contributed by atoms with van der Waals surface area (Å²) in [4.78, 5) is 9.79. The first kappa shape index (κ1) is 18.9. The van der Waals surface area contributed by atoms with Crippen LogP contribution in [0.25, 0.3) is 20.9 Å². The minimum absolute atomic E-state index is 0.0608. The monoisotopic (exact) mass is 475 g/mol. The van der Waals surface area contributed by atoms with Gasteiger partial charge in [-0.15, -0.1) is 0 Å². The summed E-state index contributed by atoms with van der Waals surface area (Å²) in [5.41, 5.74) is 2.19. The Labute approximate surface area is 174 Å². The lowest BCUT2D eigenvalue weighted by Gasteiger charge is -2.12. The molecule has 0 unspecified atom stereocenters. The maximum Gasteiger partial charge on any atom is 0.265 e. The van der Waals surface area contributed by atoms with Gasteiger partial charge < -0.3 is 4.74 Å². The number of pyridine rings is 1. The number of hydrogen-bond donors (Lipinski definition) is 1. The van der Waals surface area contributed by atoms with E-state index in [1.807, 2.05) is 24.3 Å². The first-order valence-corrected chi connectivity index (χ1v) is 11.2. The van der Waals surface area contributed by atoms with Crippen LogP contribution in [0.2, 0.25) is 0 Å². The summed E-state index contributed by atoms with van der Waals surface area (Å²) in [7, 11) is -2.37. The Bertz CT molecular complexity index is 1220. The number of nitrogens with zero attached hydrogens (tertiary/aromatic N) is 2. The lowest BCUT2D eigenvalue weighted by atomic mass is 10.2. The van der Waals surface area contributed by atoms with Crippen LogP contribution in [0.3, 0.4) is 0 Å². The molecule has 9 heteroatoms. The van der Waals surface area contributed by atoms with Gasteiger partial charge in [-0.05, 0) is 54.6 Å². The van der Waals surface area contributed by atoms with Gasteiger partial charge in [0.15, 0.2) is 0 Å². The van der Waals surface area contributed by atoms with Gasteiger partial charge in [-0.3, -0.25) is 4.72 Å². The molecule has 0 saturated carbocycles. The zero-order valence-corrected chi connectivity index (χ0v) is 17.8. The third-order valence-corrected chi connectivity index (χ3v) is 6.89. The number of halogens is 1. The Morgan fingerprint density at radius 3 is 2.61 bits per heavy atom. The van der Waals surface area contributed by atoms with E-state index in [-0.39, 0.29) is 10.6 Å². The van der Waals surface area contributed by atoms with Crippen LogP contribution in [-0.2, 0) is 10.0 Å². The number of aromatic nitrogens is 2. The van der Waals surface area contributed by atoms with Crippen molar-refractivity contribution in [1.29, 1.82) is 0 Å². The van der Waals surface area contributed by atoms with Gasteiger partial charge in [-0.25, -0.2) is 18.4 Å². The number of thiazole rings is 1. The van der Waals surface area contributed by atoms with Crippen LogP contribution in [0.5, 0.6) is 5.75 Å². The van der Waals surface area contributed by atoms with E-state index in [1.165, 1.54) is 24.5 Å². The average molecular weight is 476 g/mol. The van der Waals surface area contributed by atoms with Gasteiger partial charge in [-0.1, -0.05) is 27.3 Å². The molecule has 2 aromatic heterocycles. The fourth-order valence-electron chi connectivity index (χ4n) is 2.64. The quantitative estimate of drug-likeness (QED) is 0.442. The van der Waals surface area contributed by atoms with Crippen LogP contribution >= 0.6 is 27.3 Å². The molecule has 4 rings (SSSR count). The fraction of sp³-hybridized carbons (Fsp3) is 0.0526. The molecule has 0 amide bonds. The Balaban J connectivity index is 1.61. The highest BCUT2D eigenvalue weighted by Gasteiger charge is 2.20. The van der Waals surface area contributed by atoms with E-state index in [4.69, 9.17) is 4.74 Å². The van der Waals surface area contributed by atoms with Gasteiger partial charge in [0.1, 0.15) is 26.0 Å². The number of benzene rings is 2. The molecule has 0 spiro atoms. The van der Waals surface area contributed by atoms with Crippen LogP contribution in [0.15, 0.2) is 70.2 Å². The second-order valence-electron chi connectivity index (χ2n) is 5.82. The Kier molecular flexibility index (Phi) is 5.05. The summed E-state index contributed by atoms with van der Waals surface area (Å²) in [5.74, 6) is 0.272. The van der Waals surface area contributed by atoms with Gasteiger partial charge in [0.2, 0.25) is 0 Å². The van der Waals surface area contributed by atoms with Gasteiger partial charge in [0.05, 0.1) is 7.11 Å². The van der Waals surface area contributed by atoms with Crippen molar-refractivity contribution in [3.8, 4) is 16.3 Å². The van der Waals surface area contributed by atoms with Crippen LogP contribution in [0, 0.1) is 0 Å². The topological polar surface area (TPSA) is 81.2 Å². The SMILES string of the molecule is COc1ccc(Br)cc1S(=O)(=O)Nc1ccc(-c2nc3cccnc3s2)cc1. The molecule has 0 aliphatic carbocycles. The van der Waals surface area contributed by atoms with E-state index in [0.717, 1.165) is 20.9 Å². The number of hydrogen-bond acceptors (Lipinski definition) is 6. The molecule has 142 valence electrons. The first-order chi connectivity index (χ1) is 13.5. The summed E-state index contributed by atoms with van der Waals surface area (Å²) in [6.07, 6.45) is 1.73. The summed E-state index contributed by atoms with van der Waals surface area (Å²) in [5, 5.41) is 0.830. The van der Waals surface area contributed by atoms with E-state index >= 15 is 0 Å². The van der Waals surface area contributed by atoms with E-state index in [1.54, 1.807) is 30.5 Å². The van der Waals surface area contributed by atoms with Crippen LogP contribution in [0.4, 0.5) is 5.69 Å². The van der Waals surface area contributed by atoms with Crippen molar-refractivity contribution in [2.75, 3.05) is 11.8 Å². The van der Waals surface area contributed by atoms with Crippen molar-refractivity contribution >= 4 is 53.3 Å². The standard InChI is InChI=1S/C19H14BrN3O3S2/c1-26-16-9-6-13(20)11-17(16)28(24,25)23-14-7-4-12(5-8-14)18-22-15-3-2-10-21-19(15)27-18/h2-11,23H,1H3. The van der Waals surface area contributed by atoms with Gasteiger partial charge in [0, 0.05) is 21.9 Å². The van der Waals surface area contributed by atoms with E-state index in [9.17, 15) is 8.42 Å². The number of anilines is 1. The molecule has 1 N–H and O–H groups in total. The smallest absolute Gasteiger partial charge is 0.265 e. The molecule has 0 atom stereocenters. The number of methoxy groups -OCH3 is 1. The summed E-state index contributed by atoms with van der Waals surface area (Å²) in [6.45, 7) is 0. The largest absolute Gasteiger partial charge is 0.495 e. The fourth-order valence-corrected chi connectivity index (χ4v) is 5.33. The summed E-state index contributed by atoms with van der Waals surface area (Å²) in [6, 6.07) is 15.7. The van der Waals surface area contributed by atoms with Gasteiger partial charge in [-0.2, -0.15) is 0 Å². The normalized spacial score (nSPS) is 11.5. The predicted octanol–water partition coefficient (Wildman–Crippen LogP) is 4.93. The molecule has 0 aliphatic rings. The minimum Gasteiger partial charge on any atom is -0.495 e. The van der Waals surface area contributed by atoms with Gasteiger partial charge in [0.25, 0.3) is 10.0 Å². The summed E-state index contributed by atoms with van der Waals surface area (Å²) < 4.78 is 34.0. The minimum atomic E-state index is -3.80. The molecule has 6 nitrogen and oxygen atoms in total. The van der Waals surface area contributed by atoms with Crippen molar-refractivity contribution in [2.45, 2.75) is 4.90 Å². The molecule has 4 aromatic rings. The lowest BCUT2D eigenvalue weighted by molar-refractivity contribution is 0.403. The Morgan fingerprint density at radius 1 is 1.11 bits per heavy atom. The Hall–Kier alpha value is -2.49. The molecule has 0 radical (unpaired) electrons. The van der Waals surface area contributed by atoms with Crippen molar-refractivity contribution in [2.24, 2.45) is 0 Å². The van der Waals surface area contributed by atoms with Crippen molar-refractivity contribution < 1.29 is 13.2 Å². The highest BCUT2D eigenvalue weighted by atomic mass is 79.9. The summed E-state index contributed by atoms with van der Waals surface area (Å²) >= 11 is 4.78. The molecule has 2 aromatic carbocycles.